The van der Waals surface area contributed by atoms with Crippen LogP contribution in [0, 0.1) is 11.3 Å². The van der Waals surface area contributed by atoms with E-state index in [9.17, 15) is 0 Å². The van der Waals surface area contributed by atoms with E-state index in [2.05, 4.69) is 21.4 Å². The van der Waals surface area contributed by atoms with Gasteiger partial charge in [0.05, 0.1) is 42.7 Å². The van der Waals surface area contributed by atoms with Gasteiger partial charge in [0.15, 0.2) is 0 Å². The molecule has 3 rings (SSSR count). The molecule has 2 aromatic rings. The minimum Gasteiger partial charge on any atom is -0.379 e. The summed E-state index contributed by atoms with van der Waals surface area (Å²) in [6.45, 7) is 1.69. The normalized spacial score (nSPS) is 20.7. The molecule has 3 heterocycles. The van der Waals surface area contributed by atoms with Crippen LogP contribution in [0.25, 0.3) is 0 Å². The standard InChI is InChI=1S/C17H18N4O2/c18-10-13-4-7-20-17(9-13)21-15-12-22-8-5-16(15)23-11-14-3-1-2-6-19-14/h1-4,6-7,9,15-16H,5,8,11-12H2,(H,20,21)/t15-,16-/m1/s1. The van der Waals surface area contributed by atoms with E-state index >= 15 is 0 Å². The highest BCUT2D eigenvalue weighted by Gasteiger charge is 2.27. The van der Waals surface area contributed by atoms with E-state index in [1.807, 2.05) is 18.2 Å². The SMILES string of the molecule is N#Cc1ccnc(N[C@@H]2COCC[C@H]2OCc2ccccn2)c1. The first kappa shape index (κ1) is 15.4. The monoisotopic (exact) mass is 310 g/mol. The summed E-state index contributed by atoms with van der Waals surface area (Å²) in [5, 5.41) is 12.3. The van der Waals surface area contributed by atoms with Crippen molar-refractivity contribution in [3.05, 3.63) is 54.0 Å². The van der Waals surface area contributed by atoms with Gasteiger partial charge in [0.25, 0.3) is 0 Å². The smallest absolute Gasteiger partial charge is 0.127 e. The fourth-order valence-electron chi connectivity index (χ4n) is 2.50. The highest BCUT2D eigenvalue weighted by atomic mass is 16.5. The number of nitriles is 1. The maximum Gasteiger partial charge on any atom is 0.127 e. The van der Waals surface area contributed by atoms with Crippen LogP contribution in [0.1, 0.15) is 17.7 Å². The molecule has 1 saturated heterocycles. The summed E-state index contributed by atoms with van der Waals surface area (Å²) >= 11 is 0. The number of rotatable bonds is 5. The maximum absolute atomic E-state index is 8.97. The lowest BCUT2D eigenvalue weighted by atomic mass is 10.1. The second-order valence-electron chi connectivity index (χ2n) is 5.33. The van der Waals surface area contributed by atoms with E-state index in [4.69, 9.17) is 14.7 Å². The Hall–Kier alpha value is -2.49. The van der Waals surface area contributed by atoms with E-state index in [-0.39, 0.29) is 12.1 Å². The Balaban J connectivity index is 1.63. The third-order valence-electron chi connectivity index (χ3n) is 3.69. The summed E-state index contributed by atoms with van der Waals surface area (Å²) in [7, 11) is 0. The zero-order valence-corrected chi connectivity index (χ0v) is 12.7. The minimum absolute atomic E-state index is 0.00564. The van der Waals surface area contributed by atoms with E-state index in [0.29, 0.717) is 31.2 Å². The van der Waals surface area contributed by atoms with Crippen LogP contribution >= 0.6 is 0 Å². The number of nitrogens with zero attached hydrogens (tertiary/aromatic N) is 3. The summed E-state index contributed by atoms with van der Waals surface area (Å²) in [4.78, 5) is 8.52. The van der Waals surface area contributed by atoms with Gasteiger partial charge in [-0.15, -0.1) is 0 Å². The third-order valence-corrected chi connectivity index (χ3v) is 3.69. The molecule has 1 aliphatic rings. The largest absolute Gasteiger partial charge is 0.379 e. The van der Waals surface area contributed by atoms with Gasteiger partial charge in [0, 0.05) is 19.0 Å². The summed E-state index contributed by atoms with van der Waals surface area (Å²) < 4.78 is 11.6. The third kappa shape index (κ3) is 4.25. The molecule has 1 N–H and O–H groups in total. The Morgan fingerprint density at radius 1 is 1.30 bits per heavy atom. The molecule has 2 aromatic heterocycles. The highest BCUT2D eigenvalue weighted by molar-refractivity contribution is 5.43. The summed E-state index contributed by atoms with van der Waals surface area (Å²) in [5.74, 6) is 0.658. The van der Waals surface area contributed by atoms with E-state index < -0.39 is 0 Å². The second-order valence-corrected chi connectivity index (χ2v) is 5.33. The van der Waals surface area contributed by atoms with Crippen LogP contribution in [0.15, 0.2) is 42.7 Å². The first-order valence-electron chi connectivity index (χ1n) is 7.57. The molecular weight excluding hydrogens is 292 g/mol. The minimum atomic E-state index is -0.00564. The van der Waals surface area contributed by atoms with Crippen LogP contribution in [-0.4, -0.2) is 35.3 Å². The van der Waals surface area contributed by atoms with Gasteiger partial charge < -0.3 is 14.8 Å². The molecule has 0 aromatic carbocycles. The van der Waals surface area contributed by atoms with Crippen LogP contribution < -0.4 is 5.32 Å². The van der Waals surface area contributed by atoms with Crippen molar-refractivity contribution >= 4 is 5.82 Å². The average molecular weight is 310 g/mol. The van der Waals surface area contributed by atoms with Crippen LogP contribution in [0.3, 0.4) is 0 Å². The molecule has 0 aliphatic carbocycles. The molecule has 118 valence electrons. The summed E-state index contributed by atoms with van der Waals surface area (Å²) in [5.41, 5.74) is 1.48. The summed E-state index contributed by atoms with van der Waals surface area (Å²) in [6.07, 6.45) is 4.20. The van der Waals surface area contributed by atoms with Gasteiger partial charge in [0.2, 0.25) is 0 Å². The first-order valence-corrected chi connectivity index (χ1v) is 7.57. The van der Waals surface area contributed by atoms with E-state index in [1.54, 1.807) is 24.5 Å². The van der Waals surface area contributed by atoms with Gasteiger partial charge in [-0.3, -0.25) is 4.98 Å². The molecule has 2 atom stereocenters. The van der Waals surface area contributed by atoms with Crippen LogP contribution in [0.4, 0.5) is 5.82 Å². The molecule has 1 fully saturated rings. The van der Waals surface area contributed by atoms with Crippen molar-refractivity contribution in [2.24, 2.45) is 0 Å². The predicted molar refractivity (Wildman–Crippen MR) is 84.6 cm³/mol. The fourth-order valence-corrected chi connectivity index (χ4v) is 2.50. The Labute approximate surface area is 135 Å². The molecule has 0 unspecified atom stereocenters. The van der Waals surface area contributed by atoms with Gasteiger partial charge in [-0.1, -0.05) is 6.07 Å². The summed E-state index contributed by atoms with van der Waals surface area (Å²) in [6, 6.07) is 11.3. The van der Waals surface area contributed by atoms with Crippen molar-refractivity contribution in [2.45, 2.75) is 25.2 Å². The van der Waals surface area contributed by atoms with Crippen LogP contribution in [-0.2, 0) is 16.1 Å². The van der Waals surface area contributed by atoms with Crippen LogP contribution in [0.2, 0.25) is 0 Å². The molecular formula is C17H18N4O2. The number of hydrogen-bond acceptors (Lipinski definition) is 6. The zero-order chi connectivity index (χ0) is 15.9. The molecule has 0 radical (unpaired) electrons. The molecule has 6 heteroatoms. The number of pyridine rings is 2. The van der Waals surface area contributed by atoms with Crippen molar-refractivity contribution in [3.8, 4) is 6.07 Å². The van der Waals surface area contributed by atoms with Gasteiger partial charge in [0.1, 0.15) is 5.82 Å². The molecule has 23 heavy (non-hydrogen) atoms. The van der Waals surface area contributed by atoms with Crippen molar-refractivity contribution in [3.63, 3.8) is 0 Å². The van der Waals surface area contributed by atoms with Gasteiger partial charge in [-0.05, 0) is 30.7 Å². The average Bonchev–Trinajstić information content (AvgIpc) is 2.62. The van der Waals surface area contributed by atoms with Gasteiger partial charge in [-0.2, -0.15) is 5.26 Å². The van der Waals surface area contributed by atoms with Crippen molar-refractivity contribution in [2.75, 3.05) is 18.5 Å². The number of nitrogens with one attached hydrogen (secondary N) is 1. The molecule has 6 nitrogen and oxygen atoms in total. The Morgan fingerprint density at radius 3 is 3.09 bits per heavy atom. The van der Waals surface area contributed by atoms with E-state index in [1.165, 1.54) is 0 Å². The highest BCUT2D eigenvalue weighted by Crippen LogP contribution is 2.18. The Morgan fingerprint density at radius 2 is 2.26 bits per heavy atom. The lowest BCUT2D eigenvalue weighted by molar-refractivity contribution is -0.0487. The fraction of sp³-hybridized carbons (Fsp3) is 0.353. The van der Waals surface area contributed by atoms with Gasteiger partial charge >= 0.3 is 0 Å². The maximum atomic E-state index is 8.97. The molecule has 1 aliphatic heterocycles. The second kappa shape index (κ2) is 7.68. The number of ether oxygens (including phenoxy) is 2. The lowest BCUT2D eigenvalue weighted by Gasteiger charge is -2.32. The van der Waals surface area contributed by atoms with Crippen LogP contribution in [0.5, 0.6) is 0 Å². The van der Waals surface area contributed by atoms with Gasteiger partial charge in [-0.25, -0.2) is 4.98 Å². The van der Waals surface area contributed by atoms with Crippen molar-refractivity contribution in [1.82, 2.24) is 9.97 Å². The molecule has 0 saturated carbocycles. The number of aromatic nitrogens is 2. The first-order chi connectivity index (χ1) is 11.3. The van der Waals surface area contributed by atoms with Crippen molar-refractivity contribution < 1.29 is 9.47 Å². The molecule has 0 spiro atoms. The Kier molecular flexibility index (Phi) is 5.14. The zero-order valence-electron chi connectivity index (χ0n) is 12.7. The molecule has 0 bridgehead atoms. The molecule has 0 amide bonds. The van der Waals surface area contributed by atoms with E-state index in [0.717, 1.165) is 12.1 Å². The Bertz CT molecular complexity index is 672. The quantitative estimate of drug-likeness (QED) is 0.911. The lowest BCUT2D eigenvalue weighted by Crippen LogP contribution is -2.44. The predicted octanol–water partition coefficient (Wildman–Crippen LogP) is 2.13. The van der Waals surface area contributed by atoms with Crippen molar-refractivity contribution in [1.29, 1.82) is 5.26 Å². The number of hydrogen-bond donors (Lipinski definition) is 1. The number of anilines is 1. The topological polar surface area (TPSA) is 80.1 Å².